The number of amides is 1. The van der Waals surface area contributed by atoms with Gasteiger partial charge in [-0.2, -0.15) is 0 Å². The van der Waals surface area contributed by atoms with Crippen molar-refractivity contribution in [3.05, 3.63) is 29.8 Å². The lowest BCUT2D eigenvalue weighted by Gasteiger charge is -2.18. The SMILES string of the molecule is CSc1ccc(C(CC(=O)O)NC(=O)CCOCC2CCCO2)cc1. The molecule has 1 aliphatic heterocycles. The van der Waals surface area contributed by atoms with Crippen LogP contribution in [-0.2, 0) is 19.1 Å². The lowest BCUT2D eigenvalue weighted by Crippen LogP contribution is -2.31. The molecule has 2 N–H and O–H groups in total. The van der Waals surface area contributed by atoms with E-state index in [2.05, 4.69) is 5.32 Å². The third-order valence-electron chi connectivity index (χ3n) is 4.03. The van der Waals surface area contributed by atoms with Crippen LogP contribution in [0, 0.1) is 0 Å². The molecule has 6 nitrogen and oxygen atoms in total. The Hall–Kier alpha value is -1.57. The van der Waals surface area contributed by atoms with Crippen molar-refractivity contribution in [2.75, 3.05) is 26.1 Å². The Kier molecular flexibility index (Phi) is 8.24. The van der Waals surface area contributed by atoms with Crippen LogP contribution in [-0.4, -0.2) is 49.2 Å². The fourth-order valence-corrected chi connectivity index (χ4v) is 3.09. The van der Waals surface area contributed by atoms with Crippen molar-refractivity contribution in [3.63, 3.8) is 0 Å². The zero-order valence-corrected chi connectivity index (χ0v) is 15.2. The van der Waals surface area contributed by atoms with E-state index in [9.17, 15) is 9.59 Å². The van der Waals surface area contributed by atoms with Crippen molar-refractivity contribution in [2.24, 2.45) is 0 Å². The predicted octanol–water partition coefficient (Wildman–Crippen LogP) is 2.63. The van der Waals surface area contributed by atoms with E-state index < -0.39 is 12.0 Å². The number of carboxylic acid groups (broad SMARTS) is 1. The van der Waals surface area contributed by atoms with E-state index in [4.69, 9.17) is 14.6 Å². The highest BCUT2D eigenvalue weighted by Crippen LogP contribution is 2.21. The van der Waals surface area contributed by atoms with Crippen LogP contribution in [0.25, 0.3) is 0 Å². The second-order valence-electron chi connectivity index (χ2n) is 5.95. The molecule has 1 aliphatic rings. The molecule has 2 rings (SSSR count). The number of hydrogen-bond acceptors (Lipinski definition) is 5. The van der Waals surface area contributed by atoms with Gasteiger partial charge in [-0.25, -0.2) is 0 Å². The van der Waals surface area contributed by atoms with Gasteiger partial charge in [0.15, 0.2) is 0 Å². The van der Waals surface area contributed by atoms with Crippen LogP contribution in [0.4, 0.5) is 0 Å². The molecule has 2 unspecified atom stereocenters. The van der Waals surface area contributed by atoms with Crippen molar-refractivity contribution in [1.82, 2.24) is 5.32 Å². The van der Waals surface area contributed by atoms with E-state index in [1.165, 1.54) is 0 Å². The highest BCUT2D eigenvalue weighted by Gasteiger charge is 2.19. The summed E-state index contributed by atoms with van der Waals surface area (Å²) in [5, 5.41) is 11.9. The summed E-state index contributed by atoms with van der Waals surface area (Å²) >= 11 is 1.61. The molecule has 1 fully saturated rings. The van der Waals surface area contributed by atoms with E-state index in [0.29, 0.717) is 13.2 Å². The third kappa shape index (κ3) is 7.05. The van der Waals surface area contributed by atoms with Crippen molar-refractivity contribution < 1.29 is 24.2 Å². The molecular formula is C18H25NO5S. The van der Waals surface area contributed by atoms with Crippen molar-refractivity contribution >= 4 is 23.6 Å². The zero-order chi connectivity index (χ0) is 18.1. The van der Waals surface area contributed by atoms with Gasteiger partial charge in [-0.05, 0) is 36.8 Å². The molecule has 0 aliphatic carbocycles. The number of rotatable bonds is 10. The summed E-state index contributed by atoms with van der Waals surface area (Å²) in [6, 6.07) is 7.01. The van der Waals surface area contributed by atoms with Crippen LogP contribution in [0.1, 0.15) is 37.3 Å². The van der Waals surface area contributed by atoms with Gasteiger partial charge in [0.2, 0.25) is 5.91 Å². The zero-order valence-electron chi connectivity index (χ0n) is 14.4. The third-order valence-corrected chi connectivity index (χ3v) is 4.78. The molecule has 7 heteroatoms. The van der Waals surface area contributed by atoms with Crippen LogP contribution >= 0.6 is 11.8 Å². The average Bonchev–Trinajstić information content (AvgIpc) is 3.11. The number of aliphatic carboxylic acids is 1. The molecule has 1 aromatic carbocycles. The smallest absolute Gasteiger partial charge is 0.305 e. The summed E-state index contributed by atoms with van der Waals surface area (Å²) in [6.45, 7) is 1.58. The van der Waals surface area contributed by atoms with Gasteiger partial charge >= 0.3 is 5.97 Å². The Morgan fingerprint density at radius 1 is 1.40 bits per heavy atom. The van der Waals surface area contributed by atoms with E-state index in [-0.39, 0.29) is 24.9 Å². The molecule has 0 aromatic heterocycles. The van der Waals surface area contributed by atoms with Crippen LogP contribution in [0.2, 0.25) is 0 Å². The Morgan fingerprint density at radius 2 is 2.16 bits per heavy atom. The molecular weight excluding hydrogens is 342 g/mol. The minimum absolute atomic E-state index is 0.137. The molecule has 0 radical (unpaired) electrons. The maximum absolute atomic E-state index is 12.1. The molecule has 1 aromatic rings. The van der Waals surface area contributed by atoms with Gasteiger partial charge in [-0.3, -0.25) is 9.59 Å². The van der Waals surface area contributed by atoms with Crippen LogP contribution in [0.5, 0.6) is 0 Å². The number of nitrogens with one attached hydrogen (secondary N) is 1. The summed E-state index contributed by atoms with van der Waals surface area (Å²) in [5.41, 5.74) is 0.786. The van der Waals surface area contributed by atoms with Gasteiger partial charge in [-0.15, -0.1) is 11.8 Å². The minimum atomic E-state index is -0.950. The summed E-state index contributed by atoms with van der Waals surface area (Å²) in [4.78, 5) is 24.3. The Morgan fingerprint density at radius 3 is 2.76 bits per heavy atom. The monoisotopic (exact) mass is 367 g/mol. The van der Waals surface area contributed by atoms with Crippen LogP contribution < -0.4 is 5.32 Å². The van der Waals surface area contributed by atoms with Gasteiger partial charge in [0.1, 0.15) is 0 Å². The summed E-state index contributed by atoms with van der Waals surface area (Å²) in [7, 11) is 0. The molecule has 1 heterocycles. The molecule has 0 saturated carbocycles. The topological polar surface area (TPSA) is 84.9 Å². The van der Waals surface area contributed by atoms with Gasteiger partial charge in [-0.1, -0.05) is 12.1 Å². The van der Waals surface area contributed by atoms with Crippen molar-refractivity contribution in [2.45, 2.75) is 42.7 Å². The van der Waals surface area contributed by atoms with Crippen molar-refractivity contribution in [3.8, 4) is 0 Å². The number of carboxylic acids is 1. The van der Waals surface area contributed by atoms with Crippen LogP contribution in [0.3, 0.4) is 0 Å². The lowest BCUT2D eigenvalue weighted by atomic mass is 10.0. The van der Waals surface area contributed by atoms with E-state index in [0.717, 1.165) is 29.9 Å². The highest BCUT2D eigenvalue weighted by molar-refractivity contribution is 7.98. The minimum Gasteiger partial charge on any atom is -0.481 e. The van der Waals surface area contributed by atoms with Gasteiger partial charge < -0.3 is 19.9 Å². The fourth-order valence-electron chi connectivity index (χ4n) is 2.68. The molecule has 25 heavy (non-hydrogen) atoms. The number of carbonyl (C=O) groups excluding carboxylic acids is 1. The molecule has 2 atom stereocenters. The predicted molar refractivity (Wildman–Crippen MR) is 95.8 cm³/mol. The summed E-state index contributed by atoms with van der Waals surface area (Å²) in [5.74, 6) is -1.17. The molecule has 0 spiro atoms. The number of benzene rings is 1. The molecule has 1 amide bonds. The second-order valence-corrected chi connectivity index (χ2v) is 6.83. The Bertz CT molecular complexity index is 557. The van der Waals surface area contributed by atoms with Gasteiger partial charge in [0, 0.05) is 17.9 Å². The van der Waals surface area contributed by atoms with Crippen molar-refractivity contribution in [1.29, 1.82) is 0 Å². The second kappa shape index (κ2) is 10.4. The maximum Gasteiger partial charge on any atom is 0.305 e. The molecule has 1 saturated heterocycles. The van der Waals surface area contributed by atoms with E-state index in [1.807, 2.05) is 30.5 Å². The Balaban J connectivity index is 1.80. The number of ether oxygens (including phenoxy) is 2. The lowest BCUT2D eigenvalue weighted by molar-refractivity contribution is -0.137. The first-order chi connectivity index (χ1) is 12.1. The number of hydrogen-bond donors (Lipinski definition) is 2. The maximum atomic E-state index is 12.1. The number of carbonyl (C=O) groups is 2. The quantitative estimate of drug-likeness (QED) is 0.488. The fraction of sp³-hybridized carbons (Fsp3) is 0.556. The van der Waals surface area contributed by atoms with E-state index >= 15 is 0 Å². The summed E-state index contributed by atoms with van der Waals surface area (Å²) < 4.78 is 10.9. The van der Waals surface area contributed by atoms with Gasteiger partial charge in [0.05, 0.1) is 31.8 Å². The Labute approximate surface area is 152 Å². The molecule has 0 bridgehead atoms. The molecule has 138 valence electrons. The average molecular weight is 367 g/mol. The number of thioether (sulfide) groups is 1. The first kappa shape index (κ1) is 19.8. The first-order valence-electron chi connectivity index (χ1n) is 8.43. The van der Waals surface area contributed by atoms with Crippen LogP contribution in [0.15, 0.2) is 29.2 Å². The normalized spacial score (nSPS) is 18.0. The first-order valence-corrected chi connectivity index (χ1v) is 9.65. The van der Waals surface area contributed by atoms with E-state index in [1.54, 1.807) is 11.8 Å². The highest BCUT2D eigenvalue weighted by atomic mass is 32.2. The summed E-state index contributed by atoms with van der Waals surface area (Å²) in [6.07, 6.45) is 4.21. The largest absolute Gasteiger partial charge is 0.481 e. The standard InChI is InChI=1S/C18H25NO5S/c1-25-15-6-4-13(5-7-15)16(11-18(21)22)19-17(20)8-10-23-12-14-3-2-9-24-14/h4-7,14,16H,2-3,8-12H2,1H3,(H,19,20)(H,21,22). The van der Waals surface area contributed by atoms with Gasteiger partial charge in [0.25, 0.3) is 0 Å².